The Balaban J connectivity index is 1.63. The van der Waals surface area contributed by atoms with Crippen molar-refractivity contribution in [3.63, 3.8) is 0 Å². The van der Waals surface area contributed by atoms with E-state index in [4.69, 9.17) is 14.6 Å². The molecule has 0 atom stereocenters. The zero-order valence-corrected chi connectivity index (χ0v) is 16.2. The summed E-state index contributed by atoms with van der Waals surface area (Å²) in [6.45, 7) is 2.48. The molecule has 152 valence electrons. The molecule has 4 aromatic rings. The van der Waals surface area contributed by atoms with E-state index in [1.807, 2.05) is 31.2 Å². The molecule has 7 heteroatoms. The summed E-state index contributed by atoms with van der Waals surface area (Å²) >= 11 is 0. The monoisotopic (exact) mass is 406 g/mol. The lowest BCUT2D eigenvalue weighted by Gasteiger charge is -2.14. The van der Waals surface area contributed by atoms with Gasteiger partial charge in [0, 0.05) is 11.1 Å². The summed E-state index contributed by atoms with van der Waals surface area (Å²) in [5, 5.41) is 13.9. The first-order chi connectivity index (χ1) is 14.5. The fraction of sp³-hybridized carbons (Fsp3) is 0.130. The molecule has 1 heterocycles. The molecule has 0 radical (unpaired) electrons. The molecule has 4 rings (SSSR count). The van der Waals surface area contributed by atoms with E-state index in [1.165, 1.54) is 6.07 Å². The van der Waals surface area contributed by atoms with Crippen LogP contribution in [-0.4, -0.2) is 21.0 Å². The van der Waals surface area contributed by atoms with E-state index >= 15 is 0 Å². The number of ether oxygens (including phenoxy) is 2. The minimum Gasteiger partial charge on any atom is -0.488 e. The predicted octanol–water partition coefficient (Wildman–Crippen LogP) is 5.17. The summed E-state index contributed by atoms with van der Waals surface area (Å²) in [6.07, 6.45) is 0.196. The van der Waals surface area contributed by atoms with Gasteiger partial charge in [-0.15, -0.1) is 0 Å². The van der Waals surface area contributed by atoms with Gasteiger partial charge in [0.1, 0.15) is 23.9 Å². The molecule has 0 saturated heterocycles. The molecular formula is C23H19FN2O4. The van der Waals surface area contributed by atoms with E-state index in [0.717, 1.165) is 16.6 Å². The fourth-order valence-electron chi connectivity index (χ4n) is 3.29. The lowest BCUT2D eigenvalue weighted by molar-refractivity contribution is 0.145. The molecule has 0 aliphatic heterocycles. The molecule has 1 N–H and O–H groups in total. The minimum atomic E-state index is -1.38. The maximum atomic E-state index is 13.9. The number of carbonyl (C=O) groups is 1. The number of fused-ring (bicyclic) bond motifs is 1. The van der Waals surface area contributed by atoms with Gasteiger partial charge in [-0.3, -0.25) is 4.68 Å². The maximum Gasteiger partial charge on any atom is 0.511 e. The standard InChI is InChI=1S/C23H19FN2O4/c1-15-9-10-21(29-14-16-5-2-3-6-19(16)24)17(11-15)13-26-20-7-4-8-22(30-23(27)28)18(20)12-25-26/h2-12H,13-14H2,1H3,(H,27,28). The molecule has 0 aliphatic rings. The van der Waals surface area contributed by atoms with E-state index < -0.39 is 6.16 Å². The largest absolute Gasteiger partial charge is 0.511 e. The summed E-state index contributed by atoms with van der Waals surface area (Å²) < 4.78 is 26.4. The van der Waals surface area contributed by atoms with E-state index in [2.05, 4.69) is 5.10 Å². The maximum absolute atomic E-state index is 13.9. The number of rotatable bonds is 6. The Bertz CT molecular complexity index is 1220. The van der Waals surface area contributed by atoms with Crippen LogP contribution >= 0.6 is 0 Å². The van der Waals surface area contributed by atoms with Crippen molar-refractivity contribution >= 4 is 17.1 Å². The van der Waals surface area contributed by atoms with Crippen molar-refractivity contribution in [1.29, 1.82) is 0 Å². The summed E-state index contributed by atoms with van der Waals surface area (Å²) in [6, 6.07) is 17.4. The van der Waals surface area contributed by atoms with Gasteiger partial charge in [0.25, 0.3) is 0 Å². The lowest BCUT2D eigenvalue weighted by Crippen LogP contribution is -2.06. The molecule has 6 nitrogen and oxygen atoms in total. The van der Waals surface area contributed by atoms with Gasteiger partial charge in [-0.05, 0) is 31.2 Å². The number of halogens is 1. The Kier molecular flexibility index (Phi) is 5.34. The minimum absolute atomic E-state index is 0.110. The topological polar surface area (TPSA) is 73.6 Å². The molecule has 1 aromatic heterocycles. The number of carboxylic acid groups (broad SMARTS) is 1. The molecule has 30 heavy (non-hydrogen) atoms. The highest BCUT2D eigenvalue weighted by molar-refractivity contribution is 5.86. The van der Waals surface area contributed by atoms with Gasteiger partial charge >= 0.3 is 6.16 Å². The number of nitrogens with zero attached hydrogens (tertiary/aromatic N) is 2. The van der Waals surface area contributed by atoms with Gasteiger partial charge in [0.15, 0.2) is 0 Å². The number of aryl methyl sites for hydroxylation is 1. The third-order valence-electron chi connectivity index (χ3n) is 4.72. The smallest absolute Gasteiger partial charge is 0.488 e. The normalized spacial score (nSPS) is 10.9. The van der Waals surface area contributed by atoms with Crippen LogP contribution in [0.4, 0.5) is 9.18 Å². The molecule has 0 fully saturated rings. The second kappa shape index (κ2) is 8.24. The Morgan fingerprint density at radius 2 is 1.90 bits per heavy atom. The van der Waals surface area contributed by atoms with E-state index in [-0.39, 0.29) is 18.2 Å². The number of hydrogen-bond donors (Lipinski definition) is 1. The first-order valence-electron chi connectivity index (χ1n) is 9.32. The highest BCUT2D eigenvalue weighted by Gasteiger charge is 2.13. The van der Waals surface area contributed by atoms with Gasteiger partial charge in [-0.2, -0.15) is 5.10 Å². The van der Waals surface area contributed by atoms with Crippen LogP contribution in [-0.2, 0) is 13.2 Å². The van der Waals surface area contributed by atoms with Crippen LogP contribution in [0.25, 0.3) is 10.9 Å². The quantitative estimate of drug-likeness (QED) is 0.353. The Morgan fingerprint density at radius 3 is 2.70 bits per heavy atom. The second-order valence-corrected chi connectivity index (χ2v) is 6.85. The van der Waals surface area contributed by atoms with Crippen LogP contribution in [0.3, 0.4) is 0 Å². The zero-order valence-electron chi connectivity index (χ0n) is 16.2. The summed E-state index contributed by atoms with van der Waals surface area (Å²) in [7, 11) is 0. The first kappa shape index (κ1) is 19.4. The van der Waals surface area contributed by atoms with Gasteiger partial charge in [0.2, 0.25) is 0 Å². The number of hydrogen-bond acceptors (Lipinski definition) is 4. The fourth-order valence-corrected chi connectivity index (χ4v) is 3.29. The highest BCUT2D eigenvalue weighted by atomic mass is 19.1. The van der Waals surface area contributed by atoms with Crippen LogP contribution in [0.2, 0.25) is 0 Å². The molecule has 0 saturated carbocycles. The Labute approximate surface area is 172 Å². The van der Waals surface area contributed by atoms with Gasteiger partial charge in [0.05, 0.1) is 23.6 Å². The second-order valence-electron chi connectivity index (χ2n) is 6.85. The highest BCUT2D eigenvalue weighted by Crippen LogP contribution is 2.28. The Morgan fingerprint density at radius 1 is 1.07 bits per heavy atom. The lowest BCUT2D eigenvalue weighted by atomic mass is 10.1. The van der Waals surface area contributed by atoms with Crippen LogP contribution in [0.1, 0.15) is 16.7 Å². The average molecular weight is 406 g/mol. The predicted molar refractivity (Wildman–Crippen MR) is 109 cm³/mol. The van der Waals surface area contributed by atoms with Gasteiger partial charge in [-0.1, -0.05) is 42.0 Å². The molecule has 0 bridgehead atoms. The van der Waals surface area contributed by atoms with Crippen LogP contribution in [0.15, 0.2) is 66.9 Å². The SMILES string of the molecule is Cc1ccc(OCc2ccccc2F)c(Cn2ncc3c(OC(=O)O)cccc32)c1. The average Bonchev–Trinajstić information content (AvgIpc) is 3.12. The van der Waals surface area contributed by atoms with Crippen LogP contribution < -0.4 is 9.47 Å². The summed E-state index contributed by atoms with van der Waals surface area (Å²) in [5.41, 5.74) is 3.13. The third kappa shape index (κ3) is 4.10. The van der Waals surface area contributed by atoms with Crippen LogP contribution in [0, 0.1) is 12.7 Å². The van der Waals surface area contributed by atoms with Crippen molar-refractivity contribution in [2.45, 2.75) is 20.1 Å². The van der Waals surface area contributed by atoms with Crippen molar-refractivity contribution in [2.24, 2.45) is 0 Å². The van der Waals surface area contributed by atoms with E-state index in [0.29, 0.717) is 23.2 Å². The van der Waals surface area contributed by atoms with Gasteiger partial charge < -0.3 is 14.6 Å². The van der Waals surface area contributed by atoms with Crippen molar-refractivity contribution in [3.05, 3.63) is 89.4 Å². The van der Waals surface area contributed by atoms with Crippen molar-refractivity contribution in [3.8, 4) is 11.5 Å². The number of benzene rings is 3. The van der Waals surface area contributed by atoms with Crippen molar-refractivity contribution in [1.82, 2.24) is 9.78 Å². The molecular weight excluding hydrogens is 387 g/mol. The Hall–Kier alpha value is -3.87. The molecule has 3 aromatic carbocycles. The summed E-state index contributed by atoms with van der Waals surface area (Å²) in [4.78, 5) is 10.9. The van der Waals surface area contributed by atoms with Gasteiger partial charge in [-0.25, -0.2) is 9.18 Å². The summed E-state index contributed by atoms with van der Waals surface area (Å²) in [5.74, 6) is 0.548. The first-order valence-corrected chi connectivity index (χ1v) is 9.32. The molecule has 0 spiro atoms. The molecule has 0 aliphatic carbocycles. The molecule has 0 unspecified atom stereocenters. The van der Waals surface area contributed by atoms with E-state index in [1.54, 1.807) is 41.2 Å². The van der Waals surface area contributed by atoms with E-state index in [9.17, 15) is 9.18 Å². The number of aromatic nitrogens is 2. The van der Waals surface area contributed by atoms with Crippen LogP contribution in [0.5, 0.6) is 11.5 Å². The van der Waals surface area contributed by atoms with Crippen molar-refractivity contribution < 1.29 is 23.8 Å². The zero-order chi connectivity index (χ0) is 21.1. The molecule has 0 amide bonds. The van der Waals surface area contributed by atoms with Crippen molar-refractivity contribution in [2.75, 3.05) is 0 Å². The third-order valence-corrected chi connectivity index (χ3v) is 4.72.